The Morgan fingerprint density at radius 3 is 2.53 bits per heavy atom. The zero-order valence-corrected chi connectivity index (χ0v) is 10.1. The van der Waals surface area contributed by atoms with Crippen LogP contribution in [0.2, 0.25) is 0 Å². The number of rotatable bonds is 3. The van der Waals surface area contributed by atoms with E-state index in [1.165, 1.54) is 7.11 Å². The van der Waals surface area contributed by atoms with Crippen molar-refractivity contribution in [2.75, 3.05) is 7.11 Å². The Hall–Kier alpha value is -1.81. The molecule has 0 amide bonds. The van der Waals surface area contributed by atoms with E-state index in [1.807, 2.05) is 30.3 Å². The molecule has 2 rings (SSSR count). The van der Waals surface area contributed by atoms with E-state index < -0.39 is 0 Å². The number of hydrogen-bond donors (Lipinski definition) is 0. The van der Waals surface area contributed by atoms with Crippen molar-refractivity contribution in [2.45, 2.75) is 9.92 Å². The first-order valence-corrected chi connectivity index (χ1v) is 5.88. The zero-order valence-electron chi connectivity index (χ0n) is 9.29. The van der Waals surface area contributed by atoms with Gasteiger partial charge in [-0.15, -0.1) is 0 Å². The van der Waals surface area contributed by atoms with Crippen LogP contribution < -0.4 is 0 Å². The first-order valence-electron chi connectivity index (χ1n) is 5.07. The molecular formula is C13H11NO2S. The summed E-state index contributed by atoms with van der Waals surface area (Å²) >= 11 is 1.55. The van der Waals surface area contributed by atoms with Gasteiger partial charge in [0.2, 0.25) is 0 Å². The molecule has 4 heteroatoms. The summed E-state index contributed by atoms with van der Waals surface area (Å²) < 4.78 is 4.64. The largest absolute Gasteiger partial charge is 0.465 e. The van der Waals surface area contributed by atoms with Gasteiger partial charge < -0.3 is 4.74 Å². The first kappa shape index (κ1) is 11.7. The average molecular weight is 245 g/mol. The monoisotopic (exact) mass is 245 g/mol. The first-order chi connectivity index (χ1) is 8.29. The quantitative estimate of drug-likeness (QED) is 0.779. The van der Waals surface area contributed by atoms with Gasteiger partial charge in [0.15, 0.2) is 0 Å². The van der Waals surface area contributed by atoms with Gasteiger partial charge in [0, 0.05) is 11.1 Å². The fourth-order valence-corrected chi connectivity index (χ4v) is 2.08. The lowest BCUT2D eigenvalue weighted by molar-refractivity contribution is 0.0600. The van der Waals surface area contributed by atoms with Gasteiger partial charge in [0.05, 0.1) is 12.7 Å². The molecule has 0 bridgehead atoms. The molecule has 1 heterocycles. The Morgan fingerprint density at radius 1 is 1.18 bits per heavy atom. The number of methoxy groups -OCH3 is 1. The van der Waals surface area contributed by atoms with E-state index in [1.54, 1.807) is 30.1 Å². The molecule has 1 aromatic heterocycles. The molecule has 2 aromatic rings. The predicted octanol–water partition coefficient (Wildman–Crippen LogP) is 3.02. The molecular weight excluding hydrogens is 234 g/mol. The number of benzene rings is 1. The van der Waals surface area contributed by atoms with E-state index >= 15 is 0 Å². The Labute approximate surface area is 104 Å². The molecule has 1 aromatic carbocycles. The highest BCUT2D eigenvalue weighted by Crippen LogP contribution is 2.25. The van der Waals surface area contributed by atoms with Crippen molar-refractivity contribution in [1.82, 2.24) is 4.98 Å². The summed E-state index contributed by atoms with van der Waals surface area (Å²) in [6, 6.07) is 13.0. The highest BCUT2D eigenvalue weighted by Gasteiger charge is 2.04. The molecule has 0 aliphatic carbocycles. The Bertz CT molecular complexity index is 497. The number of ether oxygens (including phenoxy) is 1. The predicted molar refractivity (Wildman–Crippen MR) is 66.1 cm³/mol. The lowest BCUT2D eigenvalue weighted by atomic mass is 10.2. The van der Waals surface area contributed by atoms with Crippen molar-refractivity contribution in [3.8, 4) is 0 Å². The summed E-state index contributed by atoms with van der Waals surface area (Å²) in [5.74, 6) is -0.320. The summed E-state index contributed by atoms with van der Waals surface area (Å²) in [5, 5.41) is 0.929. The maximum absolute atomic E-state index is 11.2. The topological polar surface area (TPSA) is 39.2 Å². The second-order valence-electron chi connectivity index (χ2n) is 3.29. The summed E-state index contributed by atoms with van der Waals surface area (Å²) in [5.41, 5.74) is 0.554. The van der Waals surface area contributed by atoms with E-state index in [4.69, 9.17) is 0 Å². The van der Waals surface area contributed by atoms with Crippen LogP contribution in [-0.2, 0) is 4.74 Å². The smallest absolute Gasteiger partial charge is 0.337 e. The van der Waals surface area contributed by atoms with Crippen LogP contribution in [0.25, 0.3) is 0 Å². The maximum Gasteiger partial charge on any atom is 0.337 e. The van der Waals surface area contributed by atoms with E-state index in [0.717, 1.165) is 9.92 Å². The maximum atomic E-state index is 11.2. The van der Waals surface area contributed by atoms with Gasteiger partial charge >= 0.3 is 5.97 Å². The van der Waals surface area contributed by atoms with Gasteiger partial charge in [-0.25, -0.2) is 9.78 Å². The molecule has 0 saturated carbocycles. The van der Waals surface area contributed by atoms with Gasteiger partial charge in [-0.3, -0.25) is 0 Å². The molecule has 0 saturated heterocycles. The van der Waals surface area contributed by atoms with Crippen LogP contribution in [0.4, 0.5) is 0 Å². The van der Waals surface area contributed by atoms with Crippen molar-refractivity contribution >= 4 is 17.7 Å². The lowest BCUT2D eigenvalue weighted by Gasteiger charge is -2.02. The zero-order chi connectivity index (χ0) is 12.1. The van der Waals surface area contributed by atoms with Gasteiger partial charge in [0.25, 0.3) is 0 Å². The number of hydrogen-bond acceptors (Lipinski definition) is 4. The third kappa shape index (κ3) is 3.07. The fourth-order valence-electron chi connectivity index (χ4n) is 1.31. The second kappa shape index (κ2) is 5.50. The van der Waals surface area contributed by atoms with Crippen LogP contribution >= 0.6 is 11.8 Å². The van der Waals surface area contributed by atoms with Gasteiger partial charge in [-0.05, 0) is 36.4 Å². The Kier molecular flexibility index (Phi) is 3.77. The second-order valence-corrected chi connectivity index (χ2v) is 4.38. The van der Waals surface area contributed by atoms with Crippen LogP contribution in [0.1, 0.15) is 10.4 Å². The minimum atomic E-state index is -0.320. The van der Waals surface area contributed by atoms with Crippen molar-refractivity contribution in [1.29, 1.82) is 0 Å². The average Bonchev–Trinajstić information content (AvgIpc) is 2.40. The minimum absolute atomic E-state index is 0.320. The van der Waals surface area contributed by atoms with Crippen molar-refractivity contribution in [2.24, 2.45) is 0 Å². The molecule has 86 valence electrons. The molecule has 17 heavy (non-hydrogen) atoms. The molecule has 3 nitrogen and oxygen atoms in total. The lowest BCUT2D eigenvalue weighted by Crippen LogP contribution is -2.00. The fraction of sp³-hybridized carbons (Fsp3) is 0.0769. The van der Waals surface area contributed by atoms with Crippen LogP contribution in [0, 0.1) is 0 Å². The highest BCUT2D eigenvalue weighted by atomic mass is 32.2. The molecule has 0 aliphatic heterocycles. The molecule has 0 atom stereocenters. The number of esters is 1. The molecule has 0 aliphatic rings. The summed E-state index contributed by atoms with van der Waals surface area (Å²) in [4.78, 5) is 16.5. The van der Waals surface area contributed by atoms with Crippen LogP contribution in [0.3, 0.4) is 0 Å². The van der Waals surface area contributed by atoms with Gasteiger partial charge in [-0.2, -0.15) is 0 Å². The third-order valence-electron chi connectivity index (χ3n) is 2.14. The number of nitrogens with zero attached hydrogens (tertiary/aromatic N) is 1. The number of carbonyl (C=O) groups excluding carboxylic acids is 1. The Morgan fingerprint density at radius 2 is 1.94 bits per heavy atom. The highest BCUT2D eigenvalue weighted by molar-refractivity contribution is 7.99. The van der Waals surface area contributed by atoms with E-state index in [9.17, 15) is 4.79 Å². The normalized spacial score (nSPS) is 9.94. The number of pyridine rings is 1. The van der Waals surface area contributed by atoms with Crippen LogP contribution in [-0.4, -0.2) is 18.1 Å². The molecule has 0 spiro atoms. The third-order valence-corrected chi connectivity index (χ3v) is 3.09. The summed E-state index contributed by atoms with van der Waals surface area (Å²) in [6.45, 7) is 0. The minimum Gasteiger partial charge on any atom is -0.465 e. The van der Waals surface area contributed by atoms with Crippen LogP contribution in [0.5, 0.6) is 0 Å². The number of carbonyl (C=O) groups is 1. The van der Waals surface area contributed by atoms with E-state index in [-0.39, 0.29) is 5.97 Å². The van der Waals surface area contributed by atoms with Crippen molar-refractivity contribution in [3.05, 3.63) is 54.2 Å². The van der Waals surface area contributed by atoms with Gasteiger partial charge in [-0.1, -0.05) is 17.8 Å². The molecule has 0 unspecified atom stereocenters. The number of aromatic nitrogens is 1. The molecule has 0 N–H and O–H groups in total. The SMILES string of the molecule is COC(=O)c1ccc(Sc2ccccn2)cc1. The molecule has 0 fully saturated rings. The molecule has 0 radical (unpaired) electrons. The standard InChI is InChI=1S/C13H11NO2S/c1-16-13(15)10-5-7-11(8-6-10)17-12-4-2-3-9-14-12/h2-9H,1H3. The van der Waals surface area contributed by atoms with E-state index in [2.05, 4.69) is 9.72 Å². The van der Waals surface area contributed by atoms with Crippen molar-refractivity contribution in [3.63, 3.8) is 0 Å². The van der Waals surface area contributed by atoms with E-state index in [0.29, 0.717) is 5.56 Å². The van der Waals surface area contributed by atoms with Crippen molar-refractivity contribution < 1.29 is 9.53 Å². The summed E-state index contributed by atoms with van der Waals surface area (Å²) in [7, 11) is 1.37. The van der Waals surface area contributed by atoms with Crippen LogP contribution in [0.15, 0.2) is 58.6 Å². The van der Waals surface area contributed by atoms with Gasteiger partial charge in [0.1, 0.15) is 5.03 Å². The Balaban J connectivity index is 2.11. The summed E-state index contributed by atoms with van der Waals surface area (Å²) in [6.07, 6.45) is 1.76.